The van der Waals surface area contributed by atoms with E-state index in [4.69, 9.17) is 17.3 Å². The van der Waals surface area contributed by atoms with Gasteiger partial charge in [-0.15, -0.1) is 5.10 Å². The lowest BCUT2D eigenvalue weighted by Gasteiger charge is -2.35. The second-order valence-corrected chi connectivity index (χ2v) is 9.34. The lowest BCUT2D eigenvalue weighted by molar-refractivity contribution is 0.0821. The van der Waals surface area contributed by atoms with Crippen molar-refractivity contribution in [3.8, 4) is 5.69 Å². The molecule has 2 heterocycles. The van der Waals surface area contributed by atoms with E-state index in [1.54, 1.807) is 20.2 Å². The summed E-state index contributed by atoms with van der Waals surface area (Å²) in [6, 6.07) is 6.71. The summed E-state index contributed by atoms with van der Waals surface area (Å²) in [6.07, 6.45) is 1.53. The standard InChI is InChI=1S/C24H28ClFN8O2/c1-14-21(25)16(12-17(27)22(14)26)23(35)28-18-11-15(34-13-19(29-30-34)24(36)31(2)3)5-6-20(18)33-9-7-32(4)8-10-33/h5-6,11-13H,7-10,27H2,1-4H3,(H,28,35). The van der Waals surface area contributed by atoms with E-state index in [1.807, 2.05) is 12.1 Å². The molecule has 2 amide bonds. The zero-order valence-electron chi connectivity index (χ0n) is 20.5. The minimum atomic E-state index is -0.647. The molecule has 1 saturated heterocycles. The molecule has 0 unspecified atom stereocenters. The number of nitrogens with zero attached hydrogens (tertiary/aromatic N) is 6. The van der Waals surface area contributed by atoms with Crippen LogP contribution in [0.25, 0.3) is 5.69 Å². The van der Waals surface area contributed by atoms with Crippen LogP contribution in [0.3, 0.4) is 0 Å². The van der Waals surface area contributed by atoms with Crippen LogP contribution in [0.4, 0.5) is 21.5 Å². The molecule has 4 rings (SSSR count). The highest BCUT2D eigenvalue weighted by molar-refractivity contribution is 6.35. The number of benzene rings is 2. The van der Waals surface area contributed by atoms with Crippen molar-refractivity contribution in [2.75, 3.05) is 63.3 Å². The van der Waals surface area contributed by atoms with Gasteiger partial charge in [0.05, 0.1) is 39.5 Å². The van der Waals surface area contributed by atoms with Crippen LogP contribution < -0.4 is 16.0 Å². The smallest absolute Gasteiger partial charge is 0.275 e. The van der Waals surface area contributed by atoms with Gasteiger partial charge >= 0.3 is 0 Å². The first-order valence-electron chi connectivity index (χ1n) is 11.3. The number of anilines is 3. The van der Waals surface area contributed by atoms with Gasteiger partial charge in [0.1, 0.15) is 0 Å². The highest BCUT2D eigenvalue weighted by Crippen LogP contribution is 2.32. The van der Waals surface area contributed by atoms with Crippen molar-refractivity contribution in [2.45, 2.75) is 6.92 Å². The minimum absolute atomic E-state index is 0.000354. The summed E-state index contributed by atoms with van der Waals surface area (Å²) < 4.78 is 15.6. The average molecular weight is 515 g/mol. The molecule has 0 radical (unpaired) electrons. The number of hydrogen-bond donors (Lipinski definition) is 2. The third kappa shape index (κ3) is 4.98. The highest BCUT2D eigenvalue weighted by atomic mass is 35.5. The van der Waals surface area contributed by atoms with Gasteiger partial charge in [-0.05, 0) is 38.2 Å². The number of carbonyl (C=O) groups excluding carboxylic acids is 2. The van der Waals surface area contributed by atoms with Gasteiger partial charge in [0.15, 0.2) is 11.5 Å². The van der Waals surface area contributed by atoms with E-state index in [9.17, 15) is 14.0 Å². The molecule has 1 aromatic heterocycles. The topological polar surface area (TPSA) is 113 Å². The number of nitrogens with two attached hydrogens (primary N) is 1. The second-order valence-electron chi connectivity index (χ2n) is 8.96. The minimum Gasteiger partial charge on any atom is -0.396 e. The van der Waals surface area contributed by atoms with Crippen molar-refractivity contribution in [1.29, 1.82) is 0 Å². The third-order valence-electron chi connectivity index (χ3n) is 6.15. The monoisotopic (exact) mass is 514 g/mol. The van der Waals surface area contributed by atoms with Crippen LogP contribution in [0.1, 0.15) is 26.4 Å². The Labute approximate surface area is 213 Å². The van der Waals surface area contributed by atoms with Crippen molar-refractivity contribution in [2.24, 2.45) is 0 Å². The largest absolute Gasteiger partial charge is 0.396 e. The Hall–Kier alpha value is -3.70. The lowest BCUT2D eigenvalue weighted by Crippen LogP contribution is -2.44. The number of piperazine rings is 1. The summed E-state index contributed by atoms with van der Waals surface area (Å²) in [7, 11) is 5.33. The van der Waals surface area contributed by atoms with Crippen LogP contribution in [-0.2, 0) is 0 Å². The van der Waals surface area contributed by atoms with Crippen LogP contribution in [0.5, 0.6) is 0 Å². The molecule has 1 fully saturated rings. The van der Waals surface area contributed by atoms with Crippen LogP contribution >= 0.6 is 11.6 Å². The Morgan fingerprint density at radius 1 is 1.17 bits per heavy atom. The van der Waals surface area contributed by atoms with Crippen molar-refractivity contribution in [3.05, 3.63) is 58.1 Å². The van der Waals surface area contributed by atoms with E-state index in [1.165, 1.54) is 28.8 Å². The number of likely N-dealkylation sites (N-methyl/N-ethyl adjacent to an activating group) is 1. The molecule has 190 valence electrons. The summed E-state index contributed by atoms with van der Waals surface area (Å²) in [5.74, 6) is -1.45. The molecule has 0 spiro atoms. The zero-order chi connectivity index (χ0) is 26.1. The molecule has 36 heavy (non-hydrogen) atoms. The van der Waals surface area contributed by atoms with Gasteiger partial charge < -0.3 is 25.8 Å². The fraction of sp³-hybridized carbons (Fsp3) is 0.333. The van der Waals surface area contributed by atoms with E-state index in [2.05, 4.69) is 32.5 Å². The zero-order valence-corrected chi connectivity index (χ0v) is 21.3. The molecular formula is C24H28ClFN8O2. The highest BCUT2D eigenvalue weighted by Gasteiger charge is 2.22. The number of halogens is 2. The predicted molar refractivity (Wildman–Crippen MR) is 138 cm³/mol. The molecule has 1 aliphatic rings. The molecule has 2 aromatic carbocycles. The first kappa shape index (κ1) is 25.4. The number of amides is 2. The van der Waals surface area contributed by atoms with Crippen LogP contribution in [-0.4, -0.2) is 83.9 Å². The van der Waals surface area contributed by atoms with Gasteiger partial charge in [0.25, 0.3) is 11.8 Å². The Balaban J connectivity index is 1.72. The molecule has 0 atom stereocenters. The number of carbonyl (C=O) groups is 2. The third-order valence-corrected chi connectivity index (χ3v) is 6.64. The van der Waals surface area contributed by atoms with Crippen LogP contribution in [0.2, 0.25) is 5.02 Å². The molecule has 0 aliphatic carbocycles. The summed E-state index contributed by atoms with van der Waals surface area (Å²) in [5.41, 5.74) is 7.88. The molecule has 3 aromatic rings. The van der Waals surface area contributed by atoms with Crippen molar-refractivity contribution in [3.63, 3.8) is 0 Å². The number of hydrogen-bond acceptors (Lipinski definition) is 7. The molecule has 0 bridgehead atoms. The summed E-state index contributed by atoms with van der Waals surface area (Å²) in [5, 5.41) is 11.0. The Bertz CT molecular complexity index is 1320. The number of rotatable bonds is 5. The van der Waals surface area contributed by atoms with Gasteiger partial charge in [0.2, 0.25) is 0 Å². The molecule has 1 aliphatic heterocycles. The van der Waals surface area contributed by atoms with E-state index in [0.29, 0.717) is 11.4 Å². The number of aromatic nitrogens is 3. The molecule has 10 nitrogen and oxygen atoms in total. The maximum atomic E-state index is 14.2. The van der Waals surface area contributed by atoms with E-state index >= 15 is 0 Å². The average Bonchev–Trinajstić information content (AvgIpc) is 3.35. The summed E-state index contributed by atoms with van der Waals surface area (Å²) in [6.45, 7) is 4.75. The quantitative estimate of drug-likeness (QED) is 0.503. The fourth-order valence-corrected chi connectivity index (χ4v) is 4.18. The van der Waals surface area contributed by atoms with E-state index < -0.39 is 11.7 Å². The Kier molecular flexibility index (Phi) is 7.14. The Morgan fingerprint density at radius 2 is 1.86 bits per heavy atom. The maximum absolute atomic E-state index is 14.2. The molecular weight excluding hydrogens is 487 g/mol. The predicted octanol–water partition coefficient (Wildman–Crippen LogP) is 2.66. The SMILES string of the molecule is Cc1c(F)c(N)cc(C(=O)Nc2cc(-n3cc(C(=O)N(C)C)nn3)ccc2N2CCN(C)CC2)c1Cl. The molecule has 0 saturated carbocycles. The number of nitrogen functional groups attached to an aromatic ring is 1. The van der Waals surface area contributed by atoms with Gasteiger partial charge in [-0.3, -0.25) is 9.59 Å². The summed E-state index contributed by atoms with van der Waals surface area (Å²) in [4.78, 5) is 31.3. The fourth-order valence-electron chi connectivity index (χ4n) is 3.96. The normalized spacial score (nSPS) is 14.1. The first-order valence-corrected chi connectivity index (χ1v) is 11.7. The maximum Gasteiger partial charge on any atom is 0.275 e. The van der Waals surface area contributed by atoms with Crippen LogP contribution in [0, 0.1) is 12.7 Å². The number of nitrogens with one attached hydrogen (secondary N) is 1. The van der Waals surface area contributed by atoms with Gasteiger partial charge in [0, 0.05) is 45.8 Å². The van der Waals surface area contributed by atoms with Crippen molar-refractivity contribution < 1.29 is 14.0 Å². The summed E-state index contributed by atoms with van der Waals surface area (Å²) >= 11 is 6.29. The van der Waals surface area contributed by atoms with Gasteiger partial charge in [-0.25, -0.2) is 9.07 Å². The second kappa shape index (κ2) is 10.1. The van der Waals surface area contributed by atoms with Gasteiger partial charge in [-0.2, -0.15) is 0 Å². The van der Waals surface area contributed by atoms with Gasteiger partial charge in [-0.1, -0.05) is 16.8 Å². The van der Waals surface area contributed by atoms with Crippen molar-refractivity contribution >= 4 is 40.5 Å². The molecule has 3 N–H and O–H groups in total. The van der Waals surface area contributed by atoms with Crippen molar-refractivity contribution in [1.82, 2.24) is 24.8 Å². The first-order chi connectivity index (χ1) is 17.1. The Morgan fingerprint density at radius 3 is 2.53 bits per heavy atom. The molecule has 12 heteroatoms. The van der Waals surface area contributed by atoms with E-state index in [-0.39, 0.29) is 33.4 Å². The van der Waals surface area contributed by atoms with Crippen LogP contribution in [0.15, 0.2) is 30.5 Å². The van der Waals surface area contributed by atoms with E-state index in [0.717, 1.165) is 31.9 Å². The lowest BCUT2D eigenvalue weighted by atomic mass is 10.1.